The average molecular weight is 376 g/mol. The molecule has 1 aliphatic heterocycles. The Kier molecular flexibility index (Phi) is 5.10. The van der Waals surface area contributed by atoms with Gasteiger partial charge in [0, 0.05) is 30.3 Å². The molecule has 0 bridgehead atoms. The first-order valence-electron chi connectivity index (χ1n) is 9.62. The first kappa shape index (κ1) is 18.2. The molecule has 2 amide bonds. The molecule has 2 aromatic carbocycles. The molecule has 28 heavy (non-hydrogen) atoms. The molecule has 0 atom stereocenters. The summed E-state index contributed by atoms with van der Waals surface area (Å²) in [6.07, 6.45) is 1.63. The van der Waals surface area contributed by atoms with E-state index in [1.807, 2.05) is 67.3 Å². The van der Waals surface area contributed by atoms with Crippen LogP contribution in [0.25, 0.3) is 11.4 Å². The lowest BCUT2D eigenvalue weighted by molar-refractivity contribution is 0.187. The van der Waals surface area contributed by atoms with E-state index in [0.717, 1.165) is 35.2 Å². The van der Waals surface area contributed by atoms with Gasteiger partial charge in [-0.05, 0) is 50.5 Å². The number of benzene rings is 2. The molecule has 0 saturated carbocycles. The number of piperidine rings is 1. The van der Waals surface area contributed by atoms with Crippen molar-refractivity contribution >= 4 is 11.7 Å². The Hall–Kier alpha value is -3.15. The second-order valence-corrected chi connectivity index (χ2v) is 7.39. The van der Waals surface area contributed by atoms with Gasteiger partial charge >= 0.3 is 6.03 Å². The van der Waals surface area contributed by atoms with Crippen molar-refractivity contribution in [3.05, 3.63) is 65.5 Å². The number of anilines is 1. The molecule has 6 heteroatoms. The van der Waals surface area contributed by atoms with E-state index in [1.165, 1.54) is 0 Å². The third-order valence-corrected chi connectivity index (χ3v) is 5.12. The van der Waals surface area contributed by atoms with Gasteiger partial charge < -0.3 is 14.7 Å². The summed E-state index contributed by atoms with van der Waals surface area (Å²) in [5.74, 6) is 1.47. The van der Waals surface area contributed by atoms with Crippen molar-refractivity contribution in [3.63, 3.8) is 0 Å². The van der Waals surface area contributed by atoms with Crippen molar-refractivity contribution in [2.75, 3.05) is 18.4 Å². The molecular weight excluding hydrogens is 352 g/mol. The van der Waals surface area contributed by atoms with E-state index in [9.17, 15) is 4.79 Å². The number of hydrogen-bond acceptors (Lipinski definition) is 4. The Morgan fingerprint density at radius 3 is 2.50 bits per heavy atom. The number of nitrogens with one attached hydrogen (secondary N) is 1. The van der Waals surface area contributed by atoms with E-state index < -0.39 is 0 Å². The van der Waals surface area contributed by atoms with Gasteiger partial charge in [0.15, 0.2) is 0 Å². The number of nitrogens with zero attached hydrogens (tertiary/aromatic N) is 3. The highest BCUT2D eigenvalue weighted by molar-refractivity contribution is 5.89. The van der Waals surface area contributed by atoms with Crippen LogP contribution in [0.5, 0.6) is 0 Å². The molecule has 0 unspecified atom stereocenters. The van der Waals surface area contributed by atoms with Crippen molar-refractivity contribution in [1.82, 2.24) is 15.0 Å². The van der Waals surface area contributed by atoms with E-state index in [0.29, 0.717) is 24.8 Å². The maximum absolute atomic E-state index is 12.5. The highest BCUT2D eigenvalue weighted by Gasteiger charge is 2.27. The van der Waals surface area contributed by atoms with Gasteiger partial charge in [-0.2, -0.15) is 4.98 Å². The lowest BCUT2D eigenvalue weighted by atomic mass is 9.97. The van der Waals surface area contributed by atoms with E-state index in [-0.39, 0.29) is 11.9 Å². The van der Waals surface area contributed by atoms with Crippen LogP contribution in [0, 0.1) is 13.8 Å². The van der Waals surface area contributed by atoms with Crippen LogP contribution in [0.4, 0.5) is 10.5 Å². The Morgan fingerprint density at radius 1 is 1.07 bits per heavy atom. The zero-order valence-corrected chi connectivity index (χ0v) is 16.2. The molecule has 2 heterocycles. The summed E-state index contributed by atoms with van der Waals surface area (Å²) in [5.41, 5.74) is 4.07. The number of urea groups is 1. The minimum Gasteiger partial charge on any atom is -0.339 e. The lowest BCUT2D eigenvalue weighted by Gasteiger charge is -2.30. The molecule has 0 aliphatic carbocycles. The molecule has 1 aliphatic rings. The van der Waals surface area contributed by atoms with E-state index in [4.69, 9.17) is 4.52 Å². The van der Waals surface area contributed by atoms with Crippen molar-refractivity contribution in [2.45, 2.75) is 32.6 Å². The van der Waals surface area contributed by atoms with Gasteiger partial charge in [-0.15, -0.1) is 0 Å². The quantitative estimate of drug-likeness (QED) is 0.715. The summed E-state index contributed by atoms with van der Waals surface area (Å²) in [6, 6.07) is 15.8. The van der Waals surface area contributed by atoms with Crippen molar-refractivity contribution < 1.29 is 9.32 Å². The van der Waals surface area contributed by atoms with Gasteiger partial charge in [0.1, 0.15) is 0 Å². The first-order valence-corrected chi connectivity index (χ1v) is 9.62. The molecule has 3 aromatic rings. The molecule has 1 aromatic heterocycles. The summed E-state index contributed by atoms with van der Waals surface area (Å²) in [4.78, 5) is 18.9. The summed E-state index contributed by atoms with van der Waals surface area (Å²) in [7, 11) is 0. The molecule has 1 saturated heterocycles. The molecule has 1 fully saturated rings. The number of hydrogen-bond donors (Lipinski definition) is 1. The Morgan fingerprint density at radius 2 is 1.79 bits per heavy atom. The Labute approximate surface area is 164 Å². The molecule has 4 rings (SSSR count). The first-order chi connectivity index (χ1) is 13.6. The third kappa shape index (κ3) is 4.06. The third-order valence-electron chi connectivity index (χ3n) is 5.12. The second kappa shape index (κ2) is 7.84. The van der Waals surface area contributed by atoms with Gasteiger partial charge in [0.05, 0.1) is 0 Å². The molecule has 0 radical (unpaired) electrons. The Bertz CT molecular complexity index is 974. The fourth-order valence-corrected chi connectivity index (χ4v) is 3.56. The van der Waals surface area contributed by atoms with Gasteiger partial charge in [-0.25, -0.2) is 4.79 Å². The summed E-state index contributed by atoms with van der Waals surface area (Å²) in [5, 5.41) is 7.12. The van der Waals surface area contributed by atoms with Crippen molar-refractivity contribution in [3.8, 4) is 11.4 Å². The molecular formula is C22H24N4O2. The van der Waals surface area contributed by atoms with Gasteiger partial charge in [0.25, 0.3) is 0 Å². The highest BCUT2D eigenvalue weighted by Crippen LogP contribution is 2.29. The van der Waals surface area contributed by atoms with Gasteiger partial charge in [-0.3, -0.25) is 0 Å². The number of aryl methyl sites for hydroxylation is 2. The van der Waals surface area contributed by atoms with Crippen LogP contribution in [0.2, 0.25) is 0 Å². The van der Waals surface area contributed by atoms with Gasteiger partial charge in [-0.1, -0.05) is 41.1 Å². The maximum Gasteiger partial charge on any atom is 0.321 e. The van der Waals surface area contributed by atoms with Gasteiger partial charge in [0.2, 0.25) is 11.7 Å². The van der Waals surface area contributed by atoms with Crippen molar-refractivity contribution in [2.24, 2.45) is 0 Å². The van der Waals surface area contributed by atoms with E-state index >= 15 is 0 Å². The maximum atomic E-state index is 12.5. The van der Waals surface area contributed by atoms with Crippen LogP contribution in [-0.4, -0.2) is 34.2 Å². The van der Waals surface area contributed by atoms with Crippen molar-refractivity contribution in [1.29, 1.82) is 0 Å². The predicted octanol–water partition coefficient (Wildman–Crippen LogP) is 4.76. The fraction of sp³-hybridized carbons (Fsp3) is 0.318. The predicted molar refractivity (Wildman–Crippen MR) is 108 cm³/mol. The van der Waals surface area contributed by atoms with Crippen LogP contribution in [-0.2, 0) is 0 Å². The molecule has 1 N–H and O–H groups in total. The molecule has 6 nitrogen and oxygen atoms in total. The number of likely N-dealkylation sites (tertiary alicyclic amines) is 1. The monoisotopic (exact) mass is 376 g/mol. The normalized spacial score (nSPS) is 14.9. The number of carbonyl (C=O) groups excluding carboxylic acids is 1. The van der Waals surface area contributed by atoms with Crippen LogP contribution in [0.15, 0.2) is 53.1 Å². The molecule has 0 spiro atoms. The SMILES string of the molecule is Cc1cccc(NC(=O)N2CCC(c3nc(-c4cccc(C)c4)no3)CC2)c1. The second-order valence-electron chi connectivity index (χ2n) is 7.39. The number of amides is 2. The zero-order valence-electron chi connectivity index (χ0n) is 16.2. The number of rotatable bonds is 3. The number of aromatic nitrogens is 2. The van der Waals surface area contributed by atoms with Crippen LogP contribution < -0.4 is 5.32 Å². The molecule has 144 valence electrons. The Balaban J connectivity index is 1.36. The fourth-order valence-electron chi connectivity index (χ4n) is 3.56. The topological polar surface area (TPSA) is 71.3 Å². The zero-order chi connectivity index (χ0) is 19.5. The van der Waals surface area contributed by atoms with Crippen LogP contribution in [0.3, 0.4) is 0 Å². The average Bonchev–Trinajstić information content (AvgIpc) is 3.18. The summed E-state index contributed by atoms with van der Waals surface area (Å²) < 4.78 is 5.52. The van der Waals surface area contributed by atoms with E-state index in [1.54, 1.807) is 0 Å². The van der Waals surface area contributed by atoms with Crippen LogP contribution >= 0.6 is 0 Å². The largest absolute Gasteiger partial charge is 0.339 e. The van der Waals surface area contributed by atoms with Crippen LogP contribution in [0.1, 0.15) is 35.8 Å². The minimum atomic E-state index is -0.0602. The highest BCUT2D eigenvalue weighted by atomic mass is 16.5. The van der Waals surface area contributed by atoms with E-state index in [2.05, 4.69) is 15.5 Å². The summed E-state index contributed by atoms with van der Waals surface area (Å²) in [6.45, 7) is 5.40. The number of carbonyl (C=O) groups is 1. The lowest BCUT2D eigenvalue weighted by Crippen LogP contribution is -2.40. The minimum absolute atomic E-state index is 0.0602. The summed E-state index contributed by atoms with van der Waals surface area (Å²) >= 11 is 0. The smallest absolute Gasteiger partial charge is 0.321 e. The standard InChI is InChI=1S/C22H24N4O2/c1-15-5-3-7-18(13-15)20-24-21(28-25-20)17-9-11-26(12-10-17)22(27)23-19-8-4-6-16(2)14-19/h3-8,13-14,17H,9-12H2,1-2H3,(H,23,27).